The van der Waals surface area contributed by atoms with Crippen molar-refractivity contribution in [1.29, 1.82) is 0 Å². The Labute approximate surface area is 92.7 Å². The van der Waals surface area contributed by atoms with Crippen molar-refractivity contribution in [2.75, 3.05) is 0 Å². The molecular weight excluding hydrogens is 258 g/mol. The van der Waals surface area contributed by atoms with Gasteiger partial charge in [0.25, 0.3) is 0 Å². The smallest absolute Gasteiger partial charge is 0.305 e. The van der Waals surface area contributed by atoms with Gasteiger partial charge in [-0.05, 0) is 24.3 Å². The summed E-state index contributed by atoms with van der Waals surface area (Å²) in [5.74, 6) is 0. The van der Waals surface area contributed by atoms with Crippen molar-refractivity contribution in [2.45, 2.75) is 0 Å². The van der Waals surface area contributed by atoms with Crippen molar-refractivity contribution in [1.82, 2.24) is 14.6 Å². The van der Waals surface area contributed by atoms with E-state index >= 15 is 0 Å². The van der Waals surface area contributed by atoms with Crippen LogP contribution < -0.4 is 5.69 Å². The molecule has 0 spiro atoms. The molecule has 3 aromatic rings. The molecule has 1 aromatic carbocycles. The Morgan fingerprint density at radius 3 is 3.07 bits per heavy atom. The molecular formula is C10H6BrN3O. The van der Waals surface area contributed by atoms with Crippen molar-refractivity contribution >= 4 is 32.3 Å². The van der Waals surface area contributed by atoms with E-state index in [-0.39, 0.29) is 5.69 Å². The van der Waals surface area contributed by atoms with E-state index in [1.807, 2.05) is 24.3 Å². The SMILES string of the molecule is O=c1[nH]c2ccc(Br)cc2c2ccnn12. The highest BCUT2D eigenvalue weighted by atomic mass is 79.9. The van der Waals surface area contributed by atoms with Crippen LogP contribution >= 0.6 is 15.9 Å². The van der Waals surface area contributed by atoms with E-state index in [9.17, 15) is 4.79 Å². The minimum Gasteiger partial charge on any atom is -0.305 e. The Hall–Kier alpha value is -1.62. The highest BCUT2D eigenvalue weighted by Gasteiger charge is 2.04. The van der Waals surface area contributed by atoms with Crippen molar-refractivity contribution in [3.05, 3.63) is 45.4 Å². The lowest BCUT2D eigenvalue weighted by atomic mass is 10.2. The number of rotatable bonds is 0. The highest BCUT2D eigenvalue weighted by molar-refractivity contribution is 9.10. The van der Waals surface area contributed by atoms with Crippen LogP contribution in [0.3, 0.4) is 0 Å². The minimum atomic E-state index is -0.218. The van der Waals surface area contributed by atoms with Crippen molar-refractivity contribution in [3.63, 3.8) is 0 Å². The van der Waals surface area contributed by atoms with Crippen molar-refractivity contribution in [2.24, 2.45) is 0 Å². The van der Waals surface area contributed by atoms with Gasteiger partial charge in [-0.15, -0.1) is 0 Å². The molecule has 1 N–H and O–H groups in total. The maximum Gasteiger partial charge on any atom is 0.347 e. The lowest BCUT2D eigenvalue weighted by Gasteiger charge is -2.00. The standard InChI is InChI=1S/C10H6BrN3O/c11-6-1-2-8-7(5-6)9-3-4-12-14(9)10(15)13-8/h1-5H,(H,13,15). The van der Waals surface area contributed by atoms with Crippen LogP contribution in [-0.4, -0.2) is 14.6 Å². The summed E-state index contributed by atoms with van der Waals surface area (Å²) in [5.41, 5.74) is 1.41. The first-order valence-corrected chi connectivity index (χ1v) is 5.20. The first kappa shape index (κ1) is 8.67. The molecule has 74 valence electrons. The van der Waals surface area contributed by atoms with Crippen LogP contribution in [-0.2, 0) is 0 Å². The van der Waals surface area contributed by atoms with Gasteiger partial charge in [0.1, 0.15) is 0 Å². The predicted octanol–water partition coefficient (Wildman–Crippen LogP) is 1.94. The summed E-state index contributed by atoms with van der Waals surface area (Å²) in [6, 6.07) is 7.55. The number of hydrogen-bond donors (Lipinski definition) is 1. The van der Waals surface area contributed by atoms with Gasteiger partial charge >= 0.3 is 5.69 Å². The lowest BCUT2D eigenvalue weighted by molar-refractivity contribution is 0.881. The predicted molar refractivity (Wildman–Crippen MR) is 61.0 cm³/mol. The van der Waals surface area contributed by atoms with Gasteiger partial charge in [-0.3, -0.25) is 0 Å². The van der Waals surface area contributed by atoms with E-state index in [1.54, 1.807) is 6.20 Å². The van der Waals surface area contributed by atoms with E-state index in [0.29, 0.717) is 0 Å². The lowest BCUT2D eigenvalue weighted by Crippen LogP contribution is -2.16. The molecule has 2 heterocycles. The van der Waals surface area contributed by atoms with Crippen LogP contribution in [0.1, 0.15) is 0 Å². The Morgan fingerprint density at radius 1 is 1.33 bits per heavy atom. The molecule has 0 bridgehead atoms. The van der Waals surface area contributed by atoms with E-state index in [2.05, 4.69) is 26.0 Å². The second-order valence-corrected chi connectivity index (χ2v) is 4.16. The van der Waals surface area contributed by atoms with Crippen LogP contribution in [0.15, 0.2) is 39.7 Å². The third-order valence-electron chi connectivity index (χ3n) is 2.33. The molecule has 2 aromatic heterocycles. The molecule has 4 nitrogen and oxygen atoms in total. The molecule has 0 radical (unpaired) electrons. The van der Waals surface area contributed by atoms with Gasteiger partial charge in [0, 0.05) is 9.86 Å². The first-order chi connectivity index (χ1) is 7.25. The fraction of sp³-hybridized carbons (Fsp3) is 0. The van der Waals surface area contributed by atoms with Gasteiger partial charge in [0.2, 0.25) is 0 Å². The summed E-state index contributed by atoms with van der Waals surface area (Å²) >= 11 is 3.40. The van der Waals surface area contributed by atoms with Crippen LogP contribution in [0.5, 0.6) is 0 Å². The number of hydrogen-bond acceptors (Lipinski definition) is 2. The summed E-state index contributed by atoms with van der Waals surface area (Å²) in [5, 5.41) is 4.93. The molecule has 0 aliphatic rings. The monoisotopic (exact) mass is 263 g/mol. The van der Waals surface area contributed by atoms with Gasteiger partial charge in [-0.1, -0.05) is 15.9 Å². The zero-order chi connectivity index (χ0) is 10.4. The summed E-state index contributed by atoms with van der Waals surface area (Å²) in [6.45, 7) is 0. The molecule has 0 atom stereocenters. The topological polar surface area (TPSA) is 50.2 Å². The Bertz CT molecular complexity index is 713. The van der Waals surface area contributed by atoms with Crippen LogP contribution in [0.4, 0.5) is 0 Å². The van der Waals surface area contributed by atoms with Crippen LogP contribution in [0.2, 0.25) is 0 Å². The second-order valence-electron chi connectivity index (χ2n) is 3.25. The molecule has 15 heavy (non-hydrogen) atoms. The number of fused-ring (bicyclic) bond motifs is 3. The molecule has 3 rings (SSSR count). The maximum atomic E-state index is 11.6. The van der Waals surface area contributed by atoms with E-state index in [4.69, 9.17) is 0 Å². The zero-order valence-electron chi connectivity index (χ0n) is 7.57. The number of halogens is 1. The van der Waals surface area contributed by atoms with E-state index in [0.717, 1.165) is 20.9 Å². The molecule has 0 unspecified atom stereocenters. The average molecular weight is 264 g/mol. The van der Waals surface area contributed by atoms with Gasteiger partial charge in [0.05, 0.1) is 17.2 Å². The third kappa shape index (κ3) is 1.20. The van der Waals surface area contributed by atoms with Crippen LogP contribution in [0, 0.1) is 0 Å². The second kappa shape index (κ2) is 2.93. The third-order valence-corrected chi connectivity index (χ3v) is 2.83. The Kier molecular flexibility index (Phi) is 1.70. The fourth-order valence-corrected chi connectivity index (χ4v) is 2.04. The molecule has 5 heteroatoms. The number of aromatic nitrogens is 3. The largest absolute Gasteiger partial charge is 0.347 e. The molecule has 0 amide bonds. The van der Waals surface area contributed by atoms with Crippen LogP contribution in [0.25, 0.3) is 16.4 Å². The minimum absolute atomic E-state index is 0.218. The maximum absolute atomic E-state index is 11.6. The number of benzene rings is 1. The number of aromatic amines is 1. The summed E-state index contributed by atoms with van der Waals surface area (Å²) in [6.07, 6.45) is 1.62. The highest BCUT2D eigenvalue weighted by Crippen LogP contribution is 2.20. The first-order valence-electron chi connectivity index (χ1n) is 4.41. The van der Waals surface area contributed by atoms with Gasteiger partial charge in [-0.2, -0.15) is 9.61 Å². The molecule has 0 saturated carbocycles. The molecule has 0 fully saturated rings. The van der Waals surface area contributed by atoms with E-state index in [1.165, 1.54) is 4.52 Å². The Balaban J connectivity index is 2.67. The Morgan fingerprint density at radius 2 is 2.20 bits per heavy atom. The average Bonchev–Trinajstić information content (AvgIpc) is 2.69. The normalized spacial score (nSPS) is 11.3. The molecule has 0 aliphatic carbocycles. The van der Waals surface area contributed by atoms with Gasteiger partial charge in [-0.25, -0.2) is 4.79 Å². The van der Waals surface area contributed by atoms with Crippen molar-refractivity contribution < 1.29 is 0 Å². The number of H-pyrrole nitrogens is 1. The van der Waals surface area contributed by atoms with Gasteiger partial charge < -0.3 is 4.98 Å². The molecule has 0 saturated heterocycles. The summed E-state index contributed by atoms with van der Waals surface area (Å²) < 4.78 is 2.33. The zero-order valence-corrected chi connectivity index (χ0v) is 9.15. The number of nitrogens with one attached hydrogen (secondary N) is 1. The van der Waals surface area contributed by atoms with Gasteiger partial charge in [0.15, 0.2) is 0 Å². The quantitative estimate of drug-likeness (QED) is 0.674. The molecule has 0 aliphatic heterocycles. The van der Waals surface area contributed by atoms with E-state index < -0.39 is 0 Å². The van der Waals surface area contributed by atoms with Crippen molar-refractivity contribution in [3.8, 4) is 0 Å². The number of nitrogens with zero attached hydrogens (tertiary/aromatic N) is 2. The fourth-order valence-electron chi connectivity index (χ4n) is 1.67. The summed E-state index contributed by atoms with van der Waals surface area (Å²) in [7, 11) is 0. The summed E-state index contributed by atoms with van der Waals surface area (Å²) in [4.78, 5) is 14.3.